The summed E-state index contributed by atoms with van der Waals surface area (Å²) in [6, 6.07) is 0. The number of hydrogen-bond donors (Lipinski definition) is 1. The van der Waals surface area contributed by atoms with Crippen LogP contribution in [0.2, 0.25) is 0 Å². The van der Waals surface area contributed by atoms with E-state index in [1.54, 1.807) is 0 Å². The number of hydrogen-bond acceptors (Lipinski definition) is 2. The minimum atomic E-state index is -1.05. The van der Waals surface area contributed by atoms with E-state index in [9.17, 15) is 9.59 Å². The number of carboxylic acids is 1. The minimum absolute atomic E-state index is 0.316. The fourth-order valence-corrected chi connectivity index (χ4v) is 0.953. The summed E-state index contributed by atoms with van der Waals surface area (Å²) in [7, 11) is 0. The molecule has 0 aliphatic heterocycles. The summed E-state index contributed by atoms with van der Waals surface area (Å²) in [5.41, 5.74) is 0.316. The number of ketones is 1. The van der Waals surface area contributed by atoms with Crippen LogP contribution in [0.15, 0.2) is 12.2 Å². The van der Waals surface area contributed by atoms with Gasteiger partial charge in [0.05, 0.1) is 0 Å². The van der Waals surface area contributed by atoms with Crippen LogP contribution in [0, 0.1) is 5.92 Å². The molecule has 0 saturated carbocycles. The van der Waals surface area contributed by atoms with Crippen LogP contribution in [-0.4, -0.2) is 16.9 Å². The van der Waals surface area contributed by atoms with E-state index >= 15 is 0 Å². The van der Waals surface area contributed by atoms with Gasteiger partial charge in [-0.05, 0) is 18.9 Å². The highest BCUT2D eigenvalue weighted by Gasteiger charge is 2.24. The Kier molecular flexibility index (Phi) is 4.26. The maximum atomic E-state index is 11.2. The molecule has 1 unspecified atom stereocenters. The second kappa shape index (κ2) is 4.70. The van der Waals surface area contributed by atoms with Gasteiger partial charge in [0.15, 0.2) is 5.78 Å². The summed E-state index contributed by atoms with van der Waals surface area (Å²) in [5, 5.41) is 8.66. The fourth-order valence-electron chi connectivity index (χ4n) is 0.953. The lowest BCUT2D eigenvalue weighted by atomic mass is 9.95. The summed E-state index contributed by atoms with van der Waals surface area (Å²) >= 11 is 0. The smallest absolute Gasteiger partial charge is 0.314 e. The van der Waals surface area contributed by atoms with Crippen LogP contribution >= 0.6 is 0 Å². The summed E-state index contributed by atoms with van der Waals surface area (Å²) in [6.07, 6.45) is 1.08. The van der Waals surface area contributed by atoms with Crippen molar-refractivity contribution in [3.63, 3.8) is 0 Å². The molecule has 0 amide bonds. The molecule has 0 rings (SSSR count). The van der Waals surface area contributed by atoms with Gasteiger partial charge < -0.3 is 5.11 Å². The highest BCUT2D eigenvalue weighted by atomic mass is 16.4. The van der Waals surface area contributed by atoms with Gasteiger partial charge in [0, 0.05) is 0 Å². The Balaban J connectivity index is 4.40. The van der Waals surface area contributed by atoms with Gasteiger partial charge in [0.2, 0.25) is 0 Å². The Morgan fingerprint density at radius 1 is 1.50 bits per heavy atom. The third-order valence-electron chi connectivity index (χ3n) is 1.61. The van der Waals surface area contributed by atoms with Gasteiger partial charge in [-0.25, -0.2) is 0 Å². The van der Waals surface area contributed by atoms with Crippen LogP contribution in [0.25, 0.3) is 0 Å². The zero-order valence-corrected chi connectivity index (χ0v) is 7.46. The molecule has 1 atom stereocenters. The van der Waals surface area contributed by atoms with Gasteiger partial charge in [-0.2, -0.15) is 0 Å². The third kappa shape index (κ3) is 2.86. The van der Waals surface area contributed by atoms with Crippen LogP contribution in [0.3, 0.4) is 0 Å². The van der Waals surface area contributed by atoms with E-state index in [2.05, 4.69) is 6.58 Å². The minimum Gasteiger partial charge on any atom is -0.481 e. The number of Topliss-reactive ketones (excluding diaryl/α,β-unsaturated/α-hetero) is 1. The Morgan fingerprint density at radius 2 is 2.00 bits per heavy atom. The van der Waals surface area contributed by atoms with Crippen molar-refractivity contribution in [2.24, 2.45) is 5.92 Å². The summed E-state index contributed by atoms with van der Waals surface area (Å²) in [5.74, 6) is -2.30. The largest absolute Gasteiger partial charge is 0.481 e. The summed E-state index contributed by atoms with van der Waals surface area (Å²) < 4.78 is 0. The molecule has 68 valence electrons. The Labute approximate surface area is 72.1 Å². The Morgan fingerprint density at radius 3 is 2.25 bits per heavy atom. The van der Waals surface area contributed by atoms with Crippen molar-refractivity contribution in [1.82, 2.24) is 0 Å². The Hall–Kier alpha value is -1.12. The van der Waals surface area contributed by atoms with E-state index in [-0.39, 0.29) is 5.78 Å². The molecular weight excluding hydrogens is 156 g/mol. The van der Waals surface area contributed by atoms with E-state index in [1.807, 2.05) is 6.92 Å². The van der Waals surface area contributed by atoms with E-state index in [0.717, 1.165) is 0 Å². The fraction of sp³-hybridized carbons (Fsp3) is 0.556. The zero-order valence-electron chi connectivity index (χ0n) is 7.46. The van der Waals surface area contributed by atoms with Crippen molar-refractivity contribution in [3.05, 3.63) is 12.2 Å². The molecule has 0 aromatic rings. The molecule has 0 spiro atoms. The normalized spacial score (nSPS) is 12.2. The maximum Gasteiger partial charge on any atom is 0.314 e. The number of carboxylic acid groups (broad SMARTS) is 1. The monoisotopic (exact) mass is 170 g/mol. The van der Waals surface area contributed by atoms with Crippen molar-refractivity contribution in [1.29, 1.82) is 0 Å². The highest BCUT2D eigenvalue weighted by Crippen LogP contribution is 2.12. The molecule has 0 radical (unpaired) electrons. The van der Waals surface area contributed by atoms with Crippen LogP contribution in [0.1, 0.15) is 26.7 Å². The van der Waals surface area contributed by atoms with Crippen molar-refractivity contribution in [3.8, 4) is 0 Å². The van der Waals surface area contributed by atoms with Crippen molar-refractivity contribution in [2.75, 3.05) is 0 Å². The number of carbonyl (C=O) groups is 2. The third-order valence-corrected chi connectivity index (χ3v) is 1.61. The SMILES string of the molecule is C=C(C)C(=O)C(CCC)C(=O)O. The molecule has 0 aromatic carbocycles. The van der Waals surface area contributed by atoms with Gasteiger partial charge in [0.1, 0.15) is 5.92 Å². The second-order valence-corrected chi connectivity index (χ2v) is 2.82. The van der Waals surface area contributed by atoms with Gasteiger partial charge in [-0.15, -0.1) is 0 Å². The first-order valence-electron chi connectivity index (χ1n) is 3.93. The number of rotatable bonds is 5. The summed E-state index contributed by atoms with van der Waals surface area (Å²) in [4.78, 5) is 21.8. The first kappa shape index (κ1) is 10.9. The zero-order chi connectivity index (χ0) is 9.72. The predicted octanol–water partition coefficient (Wildman–Crippen LogP) is 1.63. The average Bonchev–Trinajstić information content (AvgIpc) is 1.98. The Bertz CT molecular complexity index is 206. The van der Waals surface area contributed by atoms with Crippen molar-refractivity contribution < 1.29 is 14.7 Å². The molecule has 0 saturated heterocycles. The lowest BCUT2D eigenvalue weighted by Gasteiger charge is -2.08. The molecule has 0 heterocycles. The van der Waals surface area contributed by atoms with Gasteiger partial charge in [-0.1, -0.05) is 19.9 Å². The van der Waals surface area contributed by atoms with Gasteiger partial charge in [-0.3, -0.25) is 9.59 Å². The van der Waals surface area contributed by atoms with E-state index < -0.39 is 11.9 Å². The van der Waals surface area contributed by atoms with Crippen LogP contribution in [0.5, 0.6) is 0 Å². The van der Waals surface area contributed by atoms with Gasteiger partial charge in [0.25, 0.3) is 0 Å². The van der Waals surface area contributed by atoms with Crippen molar-refractivity contribution >= 4 is 11.8 Å². The number of allylic oxidation sites excluding steroid dienone is 1. The molecule has 0 bridgehead atoms. The van der Waals surface area contributed by atoms with Gasteiger partial charge >= 0.3 is 5.97 Å². The molecular formula is C9H14O3. The molecule has 0 aliphatic rings. The second-order valence-electron chi connectivity index (χ2n) is 2.82. The predicted molar refractivity (Wildman–Crippen MR) is 45.9 cm³/mol. The lowest BCUT2D eigenvalue weighted by molar-refractivity contribution is -0.145. The standard InChI is InChI=1S/C9H14O3/c1-4-5-7(9(11)12)8(10)6(2)3/h7H,2,4-5H2,1,3H3,(H,11,12). The maximum absolute atomic E-state index is 11.2. The van der Waals surface area contributed by atoms with E-state index in [4.69, 9.17) is 5.11 Å². The quantitative estimate of drug-likeness (QED) is 0.504. The molecule has 12 heavy (non-hydrogen) atoms. The van der Waals surface area contributed by atoms with Crippen LogP contribution < -0.4 is 0 Å². The number of aliphatic carboxylic acids is 1. The summed E-state index contributed by atoms with van der Waals surface area (Å²) in [6.45, 7) is 6.81. The molecule has 3 nitrogen and oxygen atoms in total. The molecule has 0 aliphatic carbocycles. The molecule has 3 heteroatoms. The molecule has 1 N–H and O–H groups in total. The topological polar surface area (TPSA) is 54.4 Å². The van der Waals surface area contributed by atoms with E-state index in [0.29, 0.717) is 18.4 Å². The first-order chi connectivity index (χ1) is 5.50. The molecule has 0 fully saturated rings. The lowest BCUT2D eigenvalue weighted by Crippen LogP contribution is -2.23. The van der Waals surface area contributed by atoms with Crippen molar-refractivity contribution in [2.45, 2.75) is 26.7 Å². The first-order valence-corrected chi connectivity index (χ1v) is 3.93. The van der Waals surface area contributed by atoms with E-state index in [1.165, 1.54) is 6.92 Å². The van der Waals surface area contributed by atoms with Crippen LogP contribution in [0.4, 0.5) is 0 Å². The average molecular weight is 170 g/mol. The highest BCUT2D eigenvalue weighted by molar-refractivity contribution is 6.06. The molecule has 0 aromatic heterocycles. The number of carbonyl (C=O) groups excluding carboxylic acids is 1. The van der Waals surface area contributed by atoms with Crippen LogP contribution in [-0.2, 0) is 9.59 Å².